The lowest BCUT2D eigenvalue weighted by Crippen LogP contribution is -2.32. The highest BCUT2D eigenvalue weighted by Crippen LogP contribution is 2.24. The fraction of sp³-hybridized carbons (Fsp3) is 0.545. The van der Waals surface area contributed by atoms with Crippen molar-refractivity contribution >= 4 is 5.91 Å². The first kappa shape index (κ1) is 11.0. The summed E-state index contributed by atoms with van der Waals surface area (Å²) in [5.41, 5.74) is 0.454. The lowest BCUT2D eigenvalue weighted by Gasteiger charge is -2.14. The molecule has 86 valence electrons. The van der Waals surface area contributed by atoms with Gasteiger partial charge in [0, 0.05) is 24.9 Å². The van der Waals surface area contributed by atoms with Gasteiger partial charge in [-0.1, -0.05) is 6.42 Å². The van der Waals surface area contributed by atoms with E-state index in [1.807, 2.05) is 0 Å². The highest BCUT2D eigenvalue weighted by atomic mass is 16.3. The predicted molar refractivity (Wildman–Crippen MR) is 57.7 cm³/mol. The summed E-state index contributed by atoms with van der Waals surface area (Å²) in [5, 5.41) is 12.4. The summed E-state index contributed by atoms with van der Waals surface area (Å²) in [6.07, 6.45) is 6.93. The molecule has 1 aromatic rings. The number of carbonyl (C=O) groups excluding carboxylic acids is 1. The number of nitrogens with zero attached hydrogens (tertiary/aromatic N) is 2. The number of rotatable bonds is 3. The van der Waals surface area contributed by atoms with E-state index in [-0.39, 0.29) is 17.9 Å². The molecule has 1 aliphatic rings. The van der Waals surface area contributed by atoms with Crippen LogP contribution in [0.2, 0.25) is 0 Å². The molecule has 1 fully saturated rings. The van der Waals surface area contributed by atoms with Crippen LogP contribution in [0.5, 0.6) is 0 Å². The standard InChI is InChI=1S/C11H15N3O2/c15-10-3-1-2-8(10)6-14-11(16)9-4-12-7-13-5-9/h4-5,7-8,10,15H,1-3,6H2,(H,14,16). The van der Waals surface area contributed by atoms with Crippen molar-refractivity contribution < 1.29 is 9.90 Å². The van der Waals surface area contributed by atoms with Crippen molar-refractivity contribution in [3.05, 3.63) is 24.3 Å². The number of amides is 1. The van der Waals surface area contributed by atoms with E-state index in [4.69, 9.17) is 0 Å². The Hall–Kier alpha value is -1.49. The van der Waals surface area contributed by atoms with Crippen LogP contribution in [0.4, 0.5) is 0 Å². The minimum Gasteiger partial charge on any atom is -0.393 e. The molecule has 0 spiro atoms. The molecule has 1 saturated carbocycles. The summed E-state index contributed by atoms with van der Waals surface area (Å²) in [7, 11) is 0. The van der Waals surface area contributed by atoms with Crippen LogP contribution in [-0.2, 0) is 0 Å². The Morgan fingerprint density at radius 2 is 2.19 bits per heavy atom. The number of nitrogens with one attached hydrogen (secondary N) is 1. The molecule has 5 nitrogen and oxygen atoms in total. The Morgan fingerprint density at radius 1 is 1.44 bits per heavy atom. The first-order chi connectivity index (χ1) is 7.77. The van der Waals surface area contributed by atoms with Gasteiger partial charge in [0.15, 0.2) is 0 Å². The van der Waals surface area contributed by atoms with Crippen molar-refractivity contribution in [3.8, 4) is 0 Å². The molecule has 1 aliphatic carbocycles. The normalized spacial score (nSPS) is 24.3. The molecule has 0 bridgehead atoms. The van der Waals surface area contributed by atoms with Crippen LogP contribution in [0.1, 0.15) is 29.6 Å². The van der Waals surface area contributed by atoms with Crippen LogP contribution < -0.4 is 5.32 Å². The molecule has 1 amide bonds. The van der Waals surface area contributed by atoms with E-state index in [0.717, 1.165) is 19.3 Å². The number of hydrogen-bond acceptors (Lipinski definition) is 4. The van der Waals surface area contributed by atoms with Gasteiger partial charge in [-0.05, 0) is 12.8 Å². The molecule has 0 radical (unpaired) electrons. The van der Waals surface area contributed by atoms with E-state index in [0.29, 0.717) is 12.1 Å². The quantitative estimate of drug-likeness (QED) is 0.773. The lowest BCUT2D eigenvalue weighted by atomic mass is 10.1. The van der Waals surface area contributed by atoms with E-state index in [2.05, 4.69) is 15.3 Å². The minimum absolute atomic E-state index is 0.181. The van der Waals surface area contributed by atoms with Crippen LogP contribution in [0.3, 0.4) is 0 Å². The van der Waals surface area contributed by atoms with Gasteiger partial charge in [0.2, 0.25) is 0 Å². The Morgan fingerprint density at radius 3 is 2.81 bits per heavy atom. The third-order valence-electron chi connectivity index (χ3n) is 2.97. The number of hydrogen-bond donors (Lipinski definition) is 2. The van der Waals surface area contributed by atoms with Gasteiger partial charge in [0.25, 0.3) is 5.91 Å². The molecular formula is C11H15N3O2. The van der Waals surface area contributed by atoms with Crippen molar-refractivity contribution in [1.29, 1.82) is 0 Å². The van der Waals surface area contributed by atoms with Gasteiger partial charge in [-0.15, -0.1) is 0 Å². The van der Waals surface area contributed by atoms with Crippen LogP contribution in [0.15, 0.2) is 18.7 Å². The molecule has 0 aliphatic heterocycles. The van der Waals surface area contributed by atoms with Crippen molar-refractivity contribution in [2.24, 2.45) is 5.92 Å². The SMILES string of the molecule is O=C(NCC1CCCC1O)c1cncnc1. The molecule has 1 heterocycles. The zero-order valence-electron chi connectivity index (χ0n) is 8.97. The first-order valence-corrected chi connectivity index (χ1v) is 5.48. The highest BCUT2D eigenvalue weighted by molar-refractivity contribution is 5.93. The maximum atomic E-state index is 11.6. The maximum absolute atomic E-state index is 11.6. The Bertz CT molecular complexity index is 356. The summed E-state index contributed by atoms with van der Waals surface area (Å²) >= 11 is 0. The molecule has 5 heteroatoms. The molecule has 0 saturated heterocycles. The average Bonchev–Trinajstić information content (AvgIpc) is 2.73. The summed E-state index contributed by atoms with van der Waals surface area (Å²) < 4.78 is 0. The van der Waals surface area contributed by atoms with Crippen molar-refractivity contribution in [2.75, 3.05) is 6.54 Å². The molecule has 2 rings (SSSR count). The molecule has 2 N–H and O–H groups in total. The van der Waals surface area contributed by atoms with E-state index in [1.165, 1.54) is 18.7 Å². The second kappa shape index (κ2) is 5.03. The third kappa shape index (κ3) is 2.55. The van der Waals surface area contributed by atoms with Crippen LogP contribution >= 0.6 is 0 Å². The van der Waals surface area contributed by atoms with Crippen LogP contribution in [0, 0.1) is 5.92 Å². The van der Waals surface area contributed by atoms with Crippen molar-refractivity contribution in [3.63, 3.8) is 0 Å². The fourth-order valence-electron chi connectivity index (χ4n) is 2.00. The number of aromatic nitrogens is 2. The topological polar surface area (TPSA) is 75.1 Å². The number of aliphatic hydroxyl groups is 1. The smallest absolute Gasteiger partial charge is 0.254 e. The Labute approximate surface area is 93.9 Å². The second-order valence-corrected chi connectivity index (χ2v) is 4.10. The zero-order chi connectivity index (χ0) is 11.4. The number of carbonyl (C=O) groups is 1. The van der Waals surface area contributed by atoms with Gasteiger partial charge in [0.05, 0.1) is 11.7 Å². The van der Waals surface area contributed by atoms with E-state index in [1.54, 1.807) is 0 Å². The van der Waals surface area contributed by atoms with Gasteiger partial charge in [-0.3, -0.25) is 4.79 Å². The fourth-order valence-corrected chi connectivity index (χ4v) is 2.00. The summed E-state index contributed by atoms with van der Waals surface area (Å²) in [4.78, 5) is 19.2. The van der Waals surface area contributed by atoms with Crippen LogP contribution in [-0.4, -0.2) is 33.6 Å². The average molecular weight is 221 g/mol. The maximum Gasteiger partial charge on any atom is 0.254 e. The second-order valence-electron chi connectivity index (χ2n) is 4.10. The van der Waals surface area contributed by atoms with E-state index < -0.39 is 0 Å². The monoisotopic (exact) mass is 221 g/mol. The van der Waals surface area contributed by atoms with Crippen molar-refractivity contribution in [2.45, 2.75) is 25.4 Å². The molecule has 0 aromatic carbocycles. The van der Waals surface area contributed by atoms with Gasteiger partial charge in [0.1, 0.15) is 6.33 Å². The summed E-state index contributed by atoms with van der Waals surface area (Å²) in [6.45, 7) is 0.523. The molecule has 2 unspecified atom stereocenters. The molecule has 1 aromatic heterocycles. The summed E-state index contributed by atoms with van der Waals surface area (Å²) in [5.74, 6) is 0.00767. The zero-order valence-corrected chi connectivity index (χ0v) is 8.97. The Kier molecular flexibility index (Phi) is 3.46. The van der Waals surface area contributed by atoms with Gasteiger partial charge in [-0.25, -0.2) is 9.97 Å². The van der Waals surface area contributed by atoms with Gasteiger partial charge < -0.3 is 10.4 Å². The van der Waals surface area contributed by atoms with Gasteiger partial charge in [-0.2, -0.15) is 0 Å². The summed E-state index contributed by atoms with van der Waals surface area (Å²) in [6, 6.07) is 0. The van der Waals surface area contributed by atoms with Gasteiger partial charge >= 0.3 is 0 Å². The van der Waals surface area contributed by atoms with E-state index >= 15 is 0 Å². The molecular weight excluding hydrogens is 206 g/mol. The van der Waals surface area contributed by atoms with E-state index in [9.17, 15) is 9.90 Å². The van der Waals surface area contributed by atoms with Crippen molar-refractivity contribution in [1.82, 2.24) is 15.3 Å². The Balaban J connectivity index is 1.84. The highest BCUT2D eigenvalue weighted by Gasteiger charge is 2.25. The lowest BCUT2D eigenvalue weighted by molar-refractivity contribution is 0.0916. The predicted octanol–water partition coefficient (Wildman–Crippen LogP) is 0.367. The minimum atomic E-state index is -0.271. The first-order valence-electron chi connectivity index (χ1n) is 5.48. The third-order valence-corrected chi connectivity index (χ3v) is 2.97. The molecule has 16 heavy (non-hydrogen) atoms. The molecule has 2 atom stereocenters. The van der Waals surface area contributed by atoms with Crippen LogP contribution in [0.25, 0.3) is 0 Å². The number of aliphatic hydroxyl groups excluding tert-OH is 1. The largest absolute Gasteiger partial charge is 0.393 e.